The van der Waals surface area contributed by atoms with Gasteiger partial charge >= 0.3 is 0 Å². The first-order valence-electron chi connectivity index (χ1n) is 6.75. The Hall–Kier alpha value is -0.300. The van der Waals surface area contributed by atoms with E-state index in [1.807, 2.05) is 0 Å². The SMILES string of the molecule is C=C1CN2CC3(CC3)CC2(CC(C)(C)C)C1. The summed E-state index contributed by atoms with van der Waals surface area (Å²) in [5.74, 6) is 0. The maximum atomic E-state index is 4.24. The van der Waals surface area contributed by atoms with E-state index in [-0.39, 0.29) is 0 Å². The third-order valence-corrected chi connectivity index (χ3v) is 4.71. The molecule has 16 heavy (non-hydrogen) atoms. The fraction of sp³-hybridized carbons (Fsp3) is 0.867. The minimum absolute atomic E-state index is 0.448. The Morgan fingerprint density at radius 3 is 2.56 bits per heavy atom. The molecule has 0 amide bonds. The first kappa shape index (κ1) is 10.8. The Morgan fingerprint density at radius 2 is 2.00 bits per heavy atom. The summed E-state index contributed by atoms with van der Waals surface area (Å²) in [6.45, 7) is 13.9. The smallest absolute Gasteiger partial charge is 0.0261 e. The van der Waals surface area contributed by atoms with Gasteiger partial charge in [0, 0.05) is 18.6 Å². The molecule has 1 unspecified atom stereocenters. The lowest BCUT2D eigenvalue weighted by Crippen LogP contribution is -2.41. The molecule has 0 bridgehead atoms. The first-order chi connectivity index (χ1) is 7.33. The van der Waals surface area contributed by atoms with E-state index in [1.165, 1.54) is 50.8 Å². The third kappa shape index (κ3) is 1.64. The highest BCUT2D eigenvalue weighted by Crippen LogP contribution is 2.63. The van der Waals surface area contributed by atoms with E-state index in [2.05, 4.69) is 32.3 Å². The second-order valence-electron chi connectivity index (χ2n) is 7.92. The maximum Gasteiger partial charge on any atom is 0.0261 e. The summed E-state index contributed by atoms with van der Waals surface area (Å²) in [7, 11) is 0. The van der Waals surface area contributed by atoms with Crippen LogP contribution in [0.15, 0.2) is 12.2 Å². The average molecular weight is 219 g/mol. The molecule has 0 aromatic rings. The van der Waals surface area contributed by atoms with Gasteiger partial charge in [-0.25, -0.2) is 0 Å². The quantitative estimate of drug-likeness (QED) is 0.609. The molecule has 1 saturated carbocycles. The summed E-state index contributed by atoms with van der Waals surface area (Å²) >= 11 is 0. The van der Waals surface area contributed by atoms with Crippen LogP contribution in [0, 0.1) is 10.8 Å². The van der Waals surface area contributed by atoms with E-state index in [1.54, 1.807) is 0 Å². The highest BCUT2D eigenvalue weighted by molar-refractivity contribution is 5.23. The second kappa shape index (κ2) is 2.93. The van der Waals surface area contributed by atoms with Gasteiger partial charge in [0.2, 0.25) is 0 Å². The van der Waals surface area contributed by atoms with Crippen LogP contribution in [0.4, 0.5) is 0 Å². The molecule has 3 fully saturated rings. The van der Waals surface area contributed by atoms with Gasteiger partial charge in [-0.3, -0.25) is 4.90 Å². The molecule has 1 nitrogen and oxygen atoms in total. The third-order valence-electron chi connectivity index (χ3n) is 4.71. The topological polar surface area (TPSA) is 3.24 Å². The van der Waals surface area contributed by atoms with Crippen LogP contribution in [-0.2, 0) is 0 Å². The lowest BCUT2D eigenvalue weighted by molar-refractivity contribution is 0.129. The molecule has 2 heterocycles. The first-order valence-corrected chi connectivity index (χ1v) is 6.75. The molecule has 0 radical (unpaired) electrons. The number of hydrogen-bond acceptors (Lipinski definition) is 1. The van der Waals surface area contributed by atoms with Crippen LogP contribution in [0.1, 0.15) is 52.9 Å². The molecular formula is C15H25N. The van der Waals surface area contributed by atoms with Crippen LogP contribution >= 0.6 is 0 Å². The minimum Gasteiger partial charge on any atom is -0.293 e. The van der Waals surface area contributed by atoms with Crippen LogP contribution in [0.25, 0.3) is 0 Å². The van der Waals surface area contributed by atoms with Crippen LogP contribution < -0.4 is 0 Å². The summed E-state index contributed by atoms with van der Waals surface area (Å²) in [5.41, 5.74) is 3.15. The van der Waals surface area contributed by atoms with Gasteiger partial charge in [0.15, 0.2) is 0 Å². The van der Waals surface area contributed by atoms with E-state index in [0.29, 0.717) is 11.0 Å². The van der Waals surface area contributed by atoms with Gasteiger partial charge in [0.25, 0.3) is 0 Å². The summed E-state index contributed by atoms with van der Waals surface area (Å²) < 4.78 is 0. The van der Waals surface area contributed by atoms with Gasteiger partial charge < -0.3 is 0 Å². The summed E-state index contributed by atoms with van der Waals surface area (Å²) in [6.07, 6.45) is 7.05. The molecule has 3 aliphatic rings. The largest absolute Gasteiger partial charge is 0.293 e. The molecule has 3 rings (SSSR count). The monoisotopic (exact) mass is 219 g/mol. The predicted octanol–water partition coefficient (Wildman–Crippen LogP) is 3.61. The standard InChI is InChI=1S/C15H25N/c1-12-7-15(9-13(2,3)4)10-14(5-6-14)11-16(15)8-12/h1,5-11H2,2-4H3. The Bertz CT molecular complexity index is 332. The van der Waals surface area contributed by atoms with Crippen LogP contribution in [0.5, 0.6) is 0 Å². The zero-order valence-corrected chi connectivity index (χ0v) is 11.1. The molecule has 2 saturated heterocycles. The molecule has 0 aromatic carbocycles. The van der Waals surface area contributed by atoms with E-state index in [9.17, 15) is 0 Å². The van der Waals surface area contributed by atoms with Crippen molar-refractivity contribution in [2.75, 3.05) is 13.1 Å². The Kier molecular flexibility index (Phi) is 1.98. The zero-order chi connectivity index (χ0) is 11.6. The van der Waals surface area contributed by atoms with E-state index in [4.69, 9.17) is 0 Å². The molecule has 0 N–H and O–H groups in total. The summed E-state index contributed by atoms with van der Waals surface area (Å²) in [4.78, 5) is 2.77. The van der Waals surface area contributed by atoms with Crippen LogP contribution in [0.3, 0.4) is 0 Å². The van der Waals surface area contributed by atoms with Crippen molar-refractivity contribution < 1.29 is 0 Å². The fourth-order valence-corrected chi connectivity index (χ4v) is 4.36. The van der Waals surface area contributed by atoms with Crippen LogP contribution in [0.2, 0.25) is 0 Å². The van der Waals surface area contributed by atoms with Gasteiger partial charge in [-0.1, -0.05) is 32.9 Å². The van der Waals surface area contributed by atoms with Crippen molar-refractivity contribution in [1.82, 2.24) is 4.90 Å². The number of fused-ring (bicyclic) bond motifs is 1. The molecule has 0 aromatic heterocycles. The molecule has 1 aliphatic carbocycles. The zero-order valence-electron chi connectivity index (χ0n) is 11.1. The van der Waals surface area contributed by atoms with Gasteiger partial charge in [0.05, 0.1) is 0 Å². The second-order valence-corrected chi connectivity index (χ2v) is 7.92. The molecule has 1 atom stereocenters. The van der Waals surface area contributed by atoms with Crippen molar-refractivity contribution in [3.63, 3.8) is 0 Å². The minimum atomic E-state index is 0.448. The van der Waals surface area contributed by atoms with Crippen molar-refractivity contribution in [1.29, 1.82) is 0 Å². The number of hydrogen-bond donors (Lipinski definition) is 0. The summed E-state index contributed by atoms with van der Waals surface area (Å²) in [6, 6.07) is 0. The highest BCUT2D eigenvalue weighted by Gasteiger charge is 2.60. The van der Waals surface area contributed by atoms with E-state index >= 15 is 0 Å². The predicted molar refractivity (Wildman–Crippen MR) is 68.4 cm³/mol. The lowest BCUT2D eigenvalue weighted by Gasteiger charge is -2.37. The van der Waals surface area contributed by atoms with Gasteiger partial charge in [0.1, 0.15) is 0 Å². The highest BCUT2D eigenvalue weighted by atomic mass is 15.3. The van der Waals surface area contributed by atoms with Gasteiger partial charge in [-0.15, -0.1) is 0 Å². The normalized spacial score (nSPS) is 37.1. The van der Waals surface area contributed by atoms with E-state index in [0.717, 1.165) is 5.41 Å². The van der Waals surface area contributed by atoms with Gasteiger partial charge in [-0.2, -0.15) is 0 Å². The lowest BCUT2D eigenvalue weighted by atomic mass is 9.75. The number of rotatable bonds is 1. The van der Waals surface area contributed by atoms with Gasteiger partial charge in [-0.05, 0) is 42.9 Å². The van der Waals surface area contributed by atoms with Crippen molar-refractivity contribution in [2.24, 2.45) is 10.8 Å². The molecule has 90 valence electrons. The van der Waals surface area contributed by atoms with Crippen molar-refractivity contribution in [3.05, 3.63) is 12.2 Å². The molecular weight excluding hydrogens is 194 g/mol. The number of nitrogens with zero attached hydrogens (tertiary/aromatic N) is 1. The van der Waals surface area contributed by atoms with Crippen LogP contribution in [-0.4, -0.2) is 23.5 Å². The molecule has 1 spiro atoms. The Morgan fingerprint density at radius 1 is 1.31 bits per heavy atom. The van der Waals surface area contributed by atoms with Crippen molar-refractivity contribution >= 4 is 0 Å². The Balaban J connectivity index is 1.86. The molecule has 1 heteroatoms. The summed E-state index contributed by atoms with van der Waals surface area (Å²) in [5, 5.41) is 0. The molecule has 2 aliphatic heterocycles. The van der Waals surface area contributed by atoms with Crippen molar-refractivity contribution in [3.8, 4) is 0 Å². The van der Waals surface area contributed by atoms with Crippen molar-refractivity contribution in [2.45, 2.75) is 58.4 Å². The maximum absolute atomic E-state index is 4.24. The van der Waals surface area contributed by atoms with E-state index < -0.39 is 0 Å². The Labute approximate surface area is 99.9 Å². The average Bonchev–Trinajstić information content (AvgIpc) is 2.64. The fourth-order valence-electron chi connectivity index (χ4n) is 4.36.